The number of benzene rings is 1. The van der Waals surface area contributed by atoms with Crippen LogP contribution in [0.25, 0.3) is 0 Å². The quantitative estimate of drug-likeness (QED) is 0.273. The first kappa shape index (κ1) is 29.8. The first-order valence-electron chi connectivity index (χ1n) is 9.11. The second-order valence-corrected chi connectivity index (χ2v) is 15.3. The molecule has 0 aliphatic carbocycles. The molecular weight excluding hydrogens is 387 g/mol. The van der Waals surface area contributed by atoms with Crippen molar-refractivity contribution in [2.75, 3.05) is 12.3 Å². The minimum absolute atomic E-state index is 0. The Labute approximate surface area is 170 Å². The van der Waals surface area contributed by atoms with Gasteiger partial charge in [0.1, 0.15) is 0 Å². The molecule has 0 saturated carbocycles. The maximum atomic E-state index is 6.25. The van der Waals surface area contributed by atoms with Gasteiger partial charge in [-0.25, -0.2) is 0 Å². The molecule has 25 heavy (non-hydrogen) atoms. The van der Waals surface area contributed by atoms with Crippen LogP contribution < -0.4 is 0 Å². The van der Waals surface area contributed by atoms with Gasteiger partial charge in [0.15, 0.2) is 0 Å². The van der Waals surface area contributed by atoms with Gasteiger partial charge in [-0.15, -0.1) is 0 Å². The second kappa shape index (κ2) is 18.8. The number of hydrogen-bond acceptors (Lipinski definition) is 1. The molecule has 0 bridgehead atoms. The van der Waals surface area contributed by atoms with Crippen LogP contribution in [-0.4, -0.2) is 35.0 Å². The summed E-state index contributed by atoms with van der Waals surface area (Å²) >= 11 is 0. The third-order valence-electron chi connectivity index (χ3n) is 4.28. The van der Waals surface area contributed by atoms with E-state index in [1.807, 2.05) is 30.3 Å². The van der Waals surface area contributed by atoms with Crippen molar-refractivity contribution in [1.29, 1.82) is 5.26 Å². The summed E-state index contributed by atoms with van der Waals surface area (Å²) in [5, 5.41) is 6.25. The van der Waals surface area contributed by atoms with Crippen LogP contribution in [-0.2, 0) is 16.5 Å². The Hall–Kier alpha value is 0.0635. The van der Waals surface area contributed by atoms with Gasteiger partial charge in [0.05, 0.1) is 35.0 Å². The number of nitrogens with zero attached hydrogens (tertiary/aromatic N) is 1. The van der Waals surface area contributed by atoms with E-state index in [4.69, 9.17) is 11.8 Å². The molecule has 4 heteroatoms. The maximum absolute atomic E-state index is 6.25. The molecule has 0 atom stereocenters. The Morgan fingerprint density at radius 2 is 0.960 bits per heavy atom. The Balaban J connectivity index is -0.000000446. The van der Waals surface area contributed by atoms with Crippen molar-refractivity contribution in [3.8, 4) is 0 Å². The summed E-state index contributed by atoms with van der Waals surface area (Å²) in [6.07, 6.45) is 3.12. The first-order valence-corrected chi connectivity index (χ1v) is 12.8. The van der Waals surface area contributed by atoms with Crippen LogP contribution in [0.4, 0.5) is 0 Å². The summed E-state index contributed by atoms with van der Waals surface area (Å²) in [7, 11) is -0.229. The Kier molecular flexibility index (Phi) is 22.5. The van der Waals surface area contributed by atoms with Gasteiger partial charge in [0.2, 0.25) is 0 Å². The van der Waals surface area contributed by atoms with E-state index in [-0.39, 0.29) is 32.3 Å². The van der Waals surface area contributed by atoms with Gasteiger partial charge in [0.25, 0.3) is 0 Å². The van der Waals surface area contributed by atoms with Gasteiger partial charge in [0, 0.05) is 15.8 Å². The fraction of sp³-hybridized carbons (Fsp3) is 0.667. The first-order chi connectivity index (χ1) is 11.3. The van der Waals surface area contributed by atoms with Gasteiger partial charge < -0.3 is 11.8 Å². The van der Waals surface area contributed by atoms with E-state index in [2.05, 4.69) is 61.5 Å². The van der Waals surface area contributed by atoms with Crippen molar-refractivity contribution in [3.05, 3.63) is 43.0 Å². The van der Waals surface area contributed by atoms with Crippen molar-refractivity contribution in [3.63, 3.8) is 0 Å². The Bertz CT molecular complexity index is 329. The normalized spacial score (nSPS) is 10.4. The molecule has 1 aromatic rings. The fourth-order valence-electron chi connectivity index (χ4n) is 3.12. The molecule has 0 aliphatic heterocycles. The average molecular weight is 426 g/mol. The van der Waals surface area contributed by atoms with E-state index in [0.29, 0.717) is 0 Å². The topological polar surface area (TPSA) is 23.8 Å². The van der Waals surface area contributed by atoms with Crippen LogP contribution in [0.2, 0.25) is 0 Å². The zero-order chi connectivity index (χ0) is 19.1. The van der Waals surface area contributed by atoms with Gasteiger partial charge >= 0.3 is 16.5 Å². The summed E-state index contributed by atoms with van der Waals surface area (Å²) < 4.78 is 0. The second-order valence-electron chi connectivity index (χ2n) is 7.35. The fourth-order valence-corrected chi connectivity index (χ4v) is 10.4. The van der Waals surface area contributed by atoms with E-state index in [9.17, 15) is 0 Å². The number of hydrogen-bond donors (Lipinski definition) is 0. The molecule has 0 unspecified atom stereocenters. The van der Waals surface area contributed by atoms with Crippen LogP contribution in [0.5, 0.6) is 0 Å². The van der Waals surface area contributed by atoms with Crippen molar-refractivity contribution >= 4 is 15.8 Å². The van der Waals surface area contributed by atoms with Crippen LogP contribution in [0, 0.1) is 17.9 Å². The van der Waals surface area contributed by atoms with E-state index in [0.717, 1.165) is 22.6 Å². The SMILES string of the molecule is CC(C)[PH+](CC[PH+](C(C)C)C(C)C)C(C)C.[C-]#N.[Ni+2].[c-]1ccccc1. The minimum Gasteiger partial charge on any atom is -0.512 e. The van der Waals surface area contributed by atoms with E-state index in [1.165, 1.54) is 0 Å². The molecule has 0 amide bonds. The van der Waals surface area contributed by atoms with E-state index < -0.39 is 0 Å². The molecule has 0 spiro atoms. The number of rotatable bonds is 7. The van der Waals surface area contributed by atoms with Crippen molar-refractivity contribution < 1.29 is 16.5 Å². The zero-order valence-corrected chi connectivity index (χ0v) is 20.4. The Morgan fingerprint density at radius 1 is 0.680 bits per heavy atom. The zero-order valence-electron chi connectivity index (χ0n) is 17.4. The summed E-state index contributed by atoms with van der Waals surface area (Å²) in [5.41, 5.74) is 3.81. The van der Waals surface area contributed by atoms with Crippen LogP contribution in [0.3, 0.4) is 0 Å². The van der Waals surface area contributed by atoms with Crippen LogP contribution in [0.15, 0.2) is 30.3 Å². The minimum atomic E-state index is -0.114. The smallest absolute Gasteiger partial charge is 0.512 e. The Morgan fingerprint density at radius 3 is 1.08 bits per heavy atom. The summed E-state index contributed by atoms with van der Waals surface area (Å²) in [5.74, 6) is 0. The van der Waals surface area contributed by atoms with Crippen molar-refractivity contribution in [2.24, 2.45) is 0 Å². The molecule has 1 aromatic carbocycles. The summed E-state index contributed by atoms with van der Waals surface area (Å²) in [4.78, 5) is 0. The van der Waals surface area contributed by atoms with Crippen LogP contribution >= 0.6 is 15.8 Å². The maximum Gasteiger partial charge on any atom is 2.00 e. The third-order valence-corrected chi connectivity index (χ3v) is 12.4. The summed E-state index contributed by atoms with van der Waals surface area (Å²) in [6.45, 7) is 24.2. The monoisotopic (exact) mass is 425 g/mol. The molecule has 0 N–H and O–H groups in total. The van der Waals surface area contributed by atoms with Crippen LogP contribution in [0.1, 0.15) is 55.4 Å². The summed E-state index contributed by atoms with van der Waals surface area (Å²) in [6, 6.07) is 12.5. The molecule has 1 nitrogen and oxygen atoms in total. The van der Waals surface area contributed by atoms with Crippen molar-refractivity contribution in [1.82, 2.24) is 0 Å². The van der Waals surface area contributed by atoms with Crippen molar-refractivity contribution in [2.45, 2.75) is 78.0 Å². The largest absolute Gasteiger partial charge is 2.00 e. The van der Waals surface area contributed by atoms with Gasteiger partial charge in [-0.05, 0) is 55.4 Å². The van der Waals surface area contributed by atoms with Gasteiger partial charge in [-0.2, -0.15) is 36.4 Å². The third kappa shape index (κ3) is 16.0. The molecule has 0 saturated heterocycles. The predicted octanol–water partition coefficient (Wildman–Crippen LogP) is 6.63. The molecule has 0 aliphatic rings. The van der Waals surface area contributed by atoms with E-state index >= 15 is 0 Å². The standard InChI is InChI=1S/C14H32P2.C6H5.CN.Ni/c1-11(2)15(12(3)4)9-10-16(13(5)6)14(7)8;1-2-4-6-5-3-1;1-2;/h11-14H,9-10H2,1-8H3;1-5H;;/q;2*-1;+2/p+2. The molecule has 0 aromatic heterocycles. The molecule has 0 heterocycles. The molecule has 146 valence electrons. The van der Waals surface area contributed by atoms with Gasteiger partial charge in [-0.3, -0.25) is 0 Å². The van der Waals surface area contributed by atoms with Gasteiger partial charge in [-0.1, -0.05) is 0 Å². The molecule has 0 fully saturated rings. The predicted molar refractivity (Wildman–Crippen MR) is 117 cm³/mol. The molecule has 0 radical (unpaired) electrons. The molecular formula is C21H39NNiP2+2. The molecule has 1 rings (SSSR count). The average Bonchev–Trinajstić information content (AvgIpc) is 2.54. The van der Waals surface area contributed by atoms with E-state index in [1.54, 1.807) is 12.3 Å².